The van der Waals surface area contributed by atoms with E-state index >= 15 is 0 Å². The molecule has 14 heavy (non-hydrogen) atoms. The molecule has 0 amide bonds. The molecule has 0 aliphatic rings. The van der Waals surface area contributed by atoms with Gasteiger partial charge in [-0.15, -0.1) is 0 Å². The molecule has 0 radical (unpaired) electrons. The molecule has 0 rings (SSSR count). The van der Waals surface area contributed by atoms with Crippen LogP contribution in [0.2, 0.25) is 0 Å². The molecule has 0 aliphatic carbocycles. The fourth-order valence-electron chi connectivity index (χ4n) is 1.34. The van der Waals surface area contributed by atoms with Gasteiger partial charge in [0, 0.05) is 0 Å². The molecule has 0 bridgehead atoms. The van der Waals surface area contributed by atoms with Gasteiger partial charge in [0.25, 0.3) is 0 Å². The summed E-state index contributed by atoms with van der Waals surface area (Å²) < 4.78 is 1.28. The van der Waals surface area contributed by atoms with E-state index in [1.165, 1.54) is 30.7 Å². The Balaban J connectivity index is -0.0000000320. The predicted octanol–water partition coefficient (Wildman–Crippen LogP) is -10.1. The molecular formula is C8H20Br4NNi-. The van der Waals surface area contributed by atoms with Gasteiger partial charge in [0.15, 0.2) is 0 Å². The third-order valence-electron chi connectivity index (χ3n) is 2.68. The summed E-state index contributed by atoms with van der Waals surface area (Å²) in [6.07, 6.45) is 0. The minimum atomic E-state index is 0. The minimum Gasteiger partial charge on any atom is -1.00 e. The van der Waals surface area contributed by atoms with E-state index in [4.69, 9.17) is 0 Å². The molecule has 0 saturated carbocycles. The van der Waals surface area contributed by atoms with Gasteiger partial charge in [0.1, 0.15) is 0 Å². The summed E-state index contributed by atoms with van der Waals surface area (Å²) in [4.78, 5) is 0. The first-order chi connectivity index (χ1) is 4.24. The molecule has 0 aromatic rings. The Morgan fingerprint density at radius 1 is 0.571 bits per heavy atom. The Morgan fingerprint density at radius 3 is 0.714 bits per heavy atom. The third-order valence-corrected chi connectivity index (χ3v) is 2.68. The number of hydrogen-bond acceptors (Lipinski definition) is 0. The van der Waals surface area contributed by atoms with Crippen LogP contribution in [0.15, 0.2) is 0 Å². The van der Waals surface area contributed by atoms with Crippen molar-refractivity contribution in [2.45, 2.75) is 27.7 Å². The van der Waals surface area contributed by atoms with Gasteiger partial charge >= 0.3 is 16.5 Å². The first kappa shape index (κ1) is 36.0. The normalized spacial score (nSPS) is 7.71. The zero-order valence-electron chi connectivity index (χ0n) is 9.10. The quantitative estimate of drug-likeness (QED) is 0.262. The van der Waals surface area contributed by atoms with Crippen LogP contribution < -0.4 is 67.9 Å². The number of halogens is 4. The van der Waals surface area contributed by atoms with E-state index in [9.17, 15) is 0 Å². The average Bonchev–Trinajstić information content (AvgIpc) is 1.95. The van der Waals surface area contributed by atoms with E-state index in [-0.39, 0.29) is 84.4 Å². The van der Waals surface area contributed by atoms with Gasteiger partial charge < -0.3 is 72.4 Å². The van der Waals surface area contributed by atoms with E-state index in [1.54, 1.807) is 0 Å². The SMILES string of the molecule is CC[N+](CC)(CC)CC.[Br-].[Br-].[Br-].[Br-].[Ni+2]. The molecule has 0 aromatic carbocycles. The van der Waals surface area contributed by atoms with Crippen molar-refractivity contribution in [3.63, 3.8) is 0 Å². The van der Waals surface area contributed by atoms with Crippen LogP contribution >= 0.6 is 0 Å². The van der Waals surface area contributed by atoms with Crippen molar-refractivity contribution in [2.24, 2.45) is 0 Å². The fourth-order valence-corrected chi connectivity index (χ4v) is 1.34. The smallest absolute Gasteiger partial charge is 1.00 e. The average molecular weight is 509 g/mol. The van der Waals surface area contributed by atoms with Crippen molar-refractivity contribution in [2.75, 3.05) is 26.2 Å². The maximum absolute atomic E-state index is 2.27. The maximum atomic E-state index is 2.27. The monoisotopic (exact) mass is 504 g/mol. The number of hydrogen-bond donors (Lipinski definition) is 0. The molecule has 0 N–H and O–H groups in total. The van der Waals surface area contributed by atoms with Gasteiger partial charge in [-0.1, -0.05) is 0 Å². The molecule has 0 atom stereocenters. The van der Waals surface area contributed by atoms with Crippen molar-refractivity contribution >= 4 is 0 Å². The molecule has 6 heteroatoms. The van der Waals surface area contributed by atoms with Crippen LogP contribution in [0.1, 0.15) is 27.7 Å². The summed E-state index contributed by atoms with van der Waals surface area (Å²) in [5.41, 5.74) is 0. The van der Waals surface area contributed by atoms with Crippen molar-refractivity contribution in [3.05, 3.63) is 0 Å². The minimum absolute atomic E-state index is 0. The molecule has 0 unspecified atom stereocenters. The molecular weight excluding hydrogens is 488 g/mol. The van der Waals surface area contributed by atoms with Gasteiger partial charge in [-0.05, 0) is 27.7 Å². The van der Waals surface area contributed by atoms with Gasteiger partial charge in [-0.3, -0.25) is 0 Å². The number of quaternary nitrogens is 1. The largest absolute Gasteiger partial charge is 2.00 e. The Morgan fingerprint density at radius 2 is 0.714 bits per heavy atom. The molecule has 1 nitrogen and oxygen atoms in total. The summed E-state index contributed by atoms with van der Waals surface area (Å²) in [6, 6.07) is 0. The summed E-state index contributed by atoms with van der Waals surface area (Å²) in [7, 11) is 0. The molecule has 96 valence electrons. The van der Waals surface area contributed by atoms with E-state index in [0.29, 0.717) is 0 Å². The van der Waals surface area contributed by atoms with Crippen LogP contribution in [0.5, 0.6) is 0 Å². The third kappa shape index (κ3) is 12.4. The molecule has 0 spiro atoms. The maximum Gasteiger partial charge on any atom is 2.00 e. The molecule has 0 fully saturated rings. The van der Waals surface area contributed by atoms with Crippen molar-refractivity contribution < 1.29 is 88.9 Å². The number of rotatable bonds is 4. The summed E-state index contributed by atoms with van der Waals surface area (Å²) in [5.74, 6) is 0. The molecule has 0 aromatic heterocycles. The van der Waals surface area contributed by atoms with Crippen molar-refractivity contribution in [1.82, 2.24) is 0 Å². The van der Waals surface area contributed by atoms with Gasteiger partial charge in [-0.25, -0.2) is 0 Å². The Labute approximate surface area is 141 Å². The standard InChI is InChI=1S/C8H20N.4BrH.Ni/c1-5-9(6-2,7-3)8-4;;;;;/h5-8H2,1-4H3;4*1H;/q+1;;;;;+2/p-4. The van der Waals surface area contributed by atoms with Crippen LogP contribution in [0.4, 0.5) is 0 Å². The van der Waals surface area contributed by atoms with E-state index in [0.717, 1.165) is 0 Å². The van der Waals surface area contributed by atoms with Gasteiger partial charge in [0.05, 0.1) is 26.2 Å². The zero-order valence-corrected chi connectivity index (χ0v) is 16.4. The molecule has 0 aliphatic heterocycles. The summed E-state index contributed by atoms with van der Waals surface area (Å²) >= 11 is 0. The zero-order chi connectivity index (χ0) is 7.33. The Hall–Kier alpha value is 2.37. The molecule has 0 saturated heterocycles. The predicted molar refractivity (Wildman–Crippen MR) is 42.4 cm³/mol. The van der Waals surface area contributed by atoms with E-state index < -0.39 is 0 Å². The summed E-state index contributed by atoms with van der Waals surface area (Å²) in [6.45, 7) is 14.2. The Kier molecular flexibility index (Phi) is 53.3. The second-order valence-corrected chi connectivity index (χ2v) is 2.61. The number of nitrogens with zero attached hydrogens (tertiary/aromatic N) is 1. The second kappa shape index (κ2) is 20.7. The second-order valence-electron chi connectivity index (χ2n) is 2.61. The van der Waals surface area contributed by atoms with Crippen LogP contribution in [0.25, 0.3) is 0 Å². The van der Waals surface area contributed by atoms with Crippen molar-refractivity contribution in [1.29, 1.82) is 0 Å². The van der Waals surface area contributed by atoms with Crippen LogP contribution in [0.3, 0.4) is 0 Å². The fraction of sp³-hybridized carbons (Fsp3) is 1.00. The van der Waals surface area contributed by atoms with Crippen LogP contribution in [0, 0.1) is 0 Å². The first-order valence-corrected chi connectivity index (χ1v) is 4.09. The van der Waals surface area contributed by atoms with Crippen LogP contribution in [-0.2, 0) is 16.5 Å². The molecule has 0 heterocycles. The first-order valence-electron chi connectivity index (χ1n) is 4.09. The van der Waals surface area contributed by atoms with Gasteiger partial charge in [0.2, 0.25) is 0 Å². The van der Waals surface area contributed by atoms with E-state index in [2.05, 4.69) is 27.7 Å². The van der Waals surface area contributed by atoms with E-state index in [1.807, 2.05) is 0 Å². The van der Waals surface area contributed by atoms with Gasteiger partial charge in [-0.2, -0.15) is 0 Å². The topological polar surface area (TPSA) is 0 Å². The summed E-state index contributed by atoms with van der Waals surface area (Å²) in [5, 5.41) is 0. The van der Waals surface area contributed by atoms with Crippen LogP contribution in [-0.4, -0.2) is 30.7 Å². The van der Waals surface area contributed by atoms with Crippen molar-refractivity contribution in [3.8, 4) is 0 Å². The Bertz CT molecular complexity index is 64.2.